The molecule has 22 heavy (non-hydrogen) atoms. The van der Waals surface area contributed by atoms with Crippen molar-refractivity contribution in [3.63, 3.8) is 0 Å². The number of carbonyl (C=O) groups is 1. The van der Waals surface area contributed by atoms with Crippen molar-refractivity contribution in [2.24, 2.45) is 0 Å². The van der Waals surface area contributed by atoms with Gasteiger partial charge < -0.3 is 10.1 Å². The Morgan fingerprint density at radius 2 is 1.82 bits per heavy atom. The first-order valence-electron chi connectivity index (χ1n) is 6.74. The number of hydrogen-bond acceptors (Lipinski definition) is 6. The molecule has 7 heteroatoms. The van der Waals surface area contributed by atoms with Gasteiger partial charge in [-0.2, -0.15) is 0 Å². The molecule has 0 aliphatic rings. The van der Waals surface area contributed by atoms with E-state index in [1.807, 2.05) is 25.1 Å². The summed E-state index contributed by atoms with van der Waals surface area (Å²) in [6.45, 7) is 2.33. The lowest BCUT2D eigenvalue weighted by atomic mass is 10.3. The molecule has 2 heterocycles. The fourth-order valence-electron chi connectivity index (χ4n) is 1.85. The third-order valence-corrected chi connectivity index (χ3v) is 2.84. The summed E-state index contributed by atoms with van der Waals surface area (Å²) in [7, 11) is 0. The molecule has 1 amide bonds. The zero-order chi connectivity index (χ0) is 15.4. The molecular formula is C15H13N5O2. The molecule has 0 fully saturated rings. The highest BCUT2D eigenvalue weighted by Gasteiger charge is 2.10. The van der Waals surface area contributed by atoms with Gasteiger partial charge in [0.05, 0.1) is 41.9 Å². The van der Waals surface area contributed by atoms with Crippen molar-refractivity contribution in [3.05, 3.63) is 48.5 Å². The number of hydrogen-bond donors (Lipinski definition) is 1. The fourth-order valence-corrected chi connectivity index (χ4v) is 1.85. The number of aromatic nitrogens is 4. The number of anilines is 1. The summed E-state index contributed by atoms with van der Waals surface area (Å²) in [5.74, 6) is -0.369. The summed E-state index contributed by atoms with van der Waals surface area (Å²) in [6.07, 6.45) is 4.39. The molecule has 1 N–H and O–H groups in total. The van der Waals surface area contributed by atoms with Crippen LogP contribution in [0.25, 0.3) is 11.0 Å². The van der Waals surface area contributed by atoms with E-state index >= 15 is 0 Å². The molecule has 0 saturated heterocycles. The average Bonchev–Trinajstić information content (AvgIpc) is 2.56. The van der Waals surface area contributed by atoms with Gasteiger partial charge in [-0.3, -0.25) is 9.78 Å². The van der Waals surface area contributed by atoms with Crippen LogP contribution in [0, 0.1) is 0 Å². The van der Waals surface area contributed by atoms with Crippen LogP contribution in [0.1, 0.15) is 17.4 Å². The number of carbonyl (C=O) groups excluding carboxylic acids is 1. The molecule has 3 rings (SSSR count). The first-order chi connectivity index (χ1) is 10.8. The van der Waals surface area contributed by atoms with Gasteiger partial charge in [-0.25, -0.2) is 15.0 Å². The summed E-state index contributed by atoms with van der Waals surface area (Å²) >= 11 is 0. The van der Waals surface area contributed by atoms with Crippen molar-refractivity contribution in [3.8, 4) is 6.01 Å². The summed E-state index contributed by atoms with van der Waals surface area (Å²) in [5.41, 5.74) is 2.09. The number of fused-ring (bicyclic) bond motifs is 1. The predicted octanol–water partition coefficient (Wildman–Crippen LogP) is 2.07. The number of nitrogens with one attached hydrogen (secondary N) is 1. The summed E-state index contributed by atoms with van der Waals surface area (Å²) in [6, 6.07) is 7.63. The monoisotopic (exact) mass is 295 g/mol. The van der Waals surface area contributed by atoms with Gasteiger partial charge in [-0.05, 0) is 19.1 Å². The summed E-state index contributed by atoms with van der Waals surface area (Å²) < 4.78 is 5.14. The van der Waals surface area contributed by atoms with Crippen LogP contribution >= 0.6 is 0 Å². The number of nitrogens with zero attached hydrogens (tertiary/aromatic N) is 4. The van der Waals surface area contributed by atoms with Crippen molar-refractivity contribution in [1.29, 1.82) is 0 Å². The van der Waals surface area contributed by atoms with Crippen LogP contribution in [0.15, 0.2) is 42.9 Å². The van der Waals surface area contributed by atoms with Crippen LogP contribution < -0.4 is 10.1 Å². The van der Waals surface area contributed by atoms with E-state index in [4.69, 9.17) is 4.74 Å². The highest BCUT2D eigenvalue weighted by atomic mass is 16.5. The fraction of sp³-hybridized carbons (Fsp3) is 0.133. The third kappa shape index (κ3) is 2.98. The zero-order valence-corrected chi connectivity index (χ0v) is 11.9. The molecule has 0 bridgehead atoms. The highest BCUT2D eigenvalue weighted by Crippen LogP contribution is 2.11. The Morgan fingerprint density at radius 3 is 2.55 bits per heavy atom. The van der Waals surface area contributed by atoms with Gasteiger partial charge in [0.25, 0.3) is 5.91 Å². The lowest BCUT2D eigenvalue weighted by Crippen LogP contribution is -2.14. The quantitative estimate of drug-likeness (QED) is 0.792. The van der Waals surface area contributed by atoms with Crippen LogP contribution in [0.2, 0.25) is 0 Å². The Hall–Kier alpha value is -3.09. The van der Waals surface area contributed by atoms with Crippen molar-refractivity contribution in [2.45, 2.75) is 6.92 Å². The van der Waals surface area contributed by atoms with Crippen LogP contribution in [-0.4, -0.2) is 32.4 Å². The van der Waals surface area contributed by atoms with E-state index in [9.17, 15) is 4.79 Å². The Balaban J connectivity index is 1.77. The van der Waals surface area contributed by atoms with Crippen LogP contribution in [-0.2, 0) is 0 Å². The predicted molar refractivity (Wildman–Crippen MR) is 80.7 cm³/mol. The van der Waals surface area contributed by atoms with Gasteiger partial charge >= 0.3 is 6.01 Å². The maximum absolute atomic E-state index is 12.2. The zero-order valence-electron chi connectivity index (χ0n) is 11.9. The van der Waals surface area contributed by atoms with E-state index in [1.54, 1.807) is 6.07 Å². The van der Waals surface area contributed by atoms with E-state index in [2.05, 4.69) is 25.3 Å². The Kier molecular flexibility index (Phi) is 3.86. The van der Waals surface area contributed by atoms with E-state index in [-0.39, 0.29) is 17.6 Å². The minimum absolute atomic E-state index is 0.229. The second kappa shape index (κ2) is 6.13. The van der Waals surface area contributed by atoms with Gasteiger partial charge in [0.1, 0.15) is 5.69 Å². The SMILES string of the molecule is CCOc1ncc(NC(=O)c2cnc3ccccc3n2)cn1. The van der Waals surface area contributed by atoms with Crippen molar-refractivity contribution in [2.75, 3.05) is 11.9 Å². The Bertz CT molecular complexity index is 804. The number of amides is 1. The van der Waals surface area contributed by atoms with E-state index in [1.165, 1.54) is 18.6 Å². The molecule has 0 aliphatic carbocycles. The Labute approximate surface area is 126 Å². The van der Waals surface area contributed by atoms with Gasteiger partial charge in [0.2, 0.25) is 0 Å². The molecule has 0 saturated carbocycles. The molecule has 0 unspecified atom stereocenters. The minimum Gasteiger partial charge on any atom is -0.464 e. The van der Waals surface area contributed by atoms with Gasteiger partial charge in [-0.1, -0.05) is 12.1 Å². The molecule has 3 aromatic rings. The standard InChI is InChI=1S/C15H13N5O2/c1-2-22-15-17-7-10(8-18-15)19-14(21)13-9-16-11-5-3-4-6-12(11)20-13/h3-9H,2H2,1H3,(H,19,21). The van der Waals surface area contributed by atoms with Crippen LogP contribution in [0.5, 0.6) is 6.01 Å². The summed E-state index contributed by atoms with van der Waals surface area (Å²) in [4.78, 5) is 28.6. The molecular weight excluding hydrogens is 282 g/mol. The number of rotatable bonds is 4. The maximum Gasteiger partial charge on any atom is 0.316 e. The summed E-state index contributed by atoms with van der Waals surface area (Å²) in [5, 5.41) is 2.67. The largest absolute Gasteiger partial charge is 0.464 e. The topological polar surface area (TPSA) is 89.9 Å². The Morgan fingerprint density at radius 1 is 1.09 bits per heavy atom. The first kappa shape index (κ1) is 13.9. The second-order valence-corrected chi connectivity index (χ2v) is 4.39. The number of para-hydroxylation sites is 2. The van der Waals surface area contributed by atoms with E-state index in [0.717, 1.165) is 5.52 Å². The lowest BCUT2D eigenvalue weighted by Gasteiger charge is -2.05. The van der Waals surface area contributed by atoms with Gasteiger partial charge in [-0.15, -0.1) is 0 Å². The normalized spacial score (nSPS) is 10.4. The van der Waals surface area contributed by atoms with Crippen molar-refractivity contribution >= 4 is 22.6 Å². The molecule has 0 radical (unpaired) electrons. The molecule has 0 spiro atoms. The van der Waals surface area contributed by atoms with E-state index < -0.39 is 0 Å². The molecule has 0 atom stereocenters. The van der Waals surface area contributed by atoms with Gasteiger partial charge in [0, 0.05) is 0 Å². The molecule has 110 valence electrons. The van der Waals surface area contributed by atoms with Crippen molar-refractivity contribution < 1.29 is 9.53 Å². The smallest absolute Gasteiger partial charge is 0.316 e. The first-order valence-corrected chi connectivity index (χ1v) is 6.74. The van der Waals surface area contributed by atoms with E-state index in [0.29, 0.717) is 17.8 Å². The average molecular weight is 295 g/mol. The second-order valence-electron chi connectivity index (χ2n) is 4.39. The highest BCUT2D eigenvalue weighted by molar-refractivity contribution is 6.03. The van der Waals surface area contributed by atoms with Gasteiger partial charge in [0.15, 0.2) is 0 Å². The van der Waals surface area contributed by atoms with Crippen molar-refractivity contribution in [1.82, 2.24) is 19.9 Å². The molecule has 0 aliphatic heterocycles. The van der Waals surface area contributed by atoms with Crippen LogP contribution in [0.3, 0.4) is 0 Å². The lowest BCUT2D eigenvalue weighted by molar-refractivity contribution is 0.102. The maximum atomic E-state index is 12.2. The molecule has 7 nitrogen and oxygen atoms in total. The minimum atomic E-state index is -0.369. The third-order valence-electron chi connectivity index (χ3n) is 2.84. The molecule has 2 aromatic heterocycles. The molecule has 1 aromatic carbocycles. The number of benzene rings is 1. The number of ether oxygens (including phenoxy) is 1. The van der Waals surface area contributed by atoms with Crippen LogP contribution in [0.4, 0.5) is 5.69 Å².